The Balaban J connectivity index is 1.83. The molecule has 1 aliphatic heterocycles. The predicted molar refractivity (Wildman–Crippen MR) is 199 cm³/mol. The number of urea groups is 1. The molecule has 1 aromatic rings. The first-order valence-corrected chi connectivity index (χ1v) is 20.2. The van der Waals surface area contributed by atoms with Crippen LogP contribution in [0.3, 0.4) is 0 Å². The van der Waals surface area contributed by atoms with Gasteiger partial charge >= 0.3 is 6.03 Å². The van der Waals surface area contributed by atoms with Crippen LogP contribution >= 0.6 is 11.3 Å². The van der Waals surface area contributed by atoms with E-state index in [-0.39, 0.29) is 29.1 Å². The minimum atomic E-state index is -3.77. The molecule has 0 bridgehead atoms. The molecule has 6 atom stereocenters. The summed E-state index contributed by atoms with van der Waals surface area (Å²) in [6, 6.07) is -0.807. The smallest absolute Gasteiger partial charge is 0.315 e. The summed E-state index contributed by atoms with van der Waals surface area (Å²) < 4.78 is 27.8. The number of carbonyl (C=O) groups is 4. The fourth-order valence-corrected chi connectivity index (χ4v) is 8.79. The van der Waals surface area contributed by atoms with Crippen molar-refractivity contribution in [3.8, 4) is 0 Å². The predicted octanol–water partition coefficient (Wildman–Crippen LogP) is 3.32. The van der Waals surface area contributed by atoms with E-state index in [1.807, 2.05) is 55.4 Å². The normalized spacial score (nSPS) is 20.7. The highest BCUT2D eigenvalue weighted by atomic mass is 32.2. The van der Waals surface area contributed by atoms with E-state index in [0.29, 0.717) is 25.3 Å². The van der Waals surface area contributed by atoms with E-state index < -0.39 is 74.9 Å². The molecule has 5 N–H and O–H groups in total. The van der Waals surface area contributed by atoms with Crippen LogP contribution < -0.4 is 21.3 Å². The van der Waals surface area contributed by atoms with E-state index in [1.54, 1.807) is 11.4 Å². The number of amides is 5. The van der Waals surface area contributed by atoms with Gasteiger partial charge in [0.1, 0.15) is 16.3 Å². The average Bonchev–Trinajstić information content (AvgIpc) is 3.47. The van der Waals surface area contributed by atoms with Crippen LogP contribution in [0.15, 0.2) is 34.4 Å². The Hall–Kier alpha value is -3.01. The number of nitrogens with zero attached hydrogens (tertiary/aromatic N) is 2. The molecule has 5 amide bonds. The number of carbonyl (C=O) groups excluding carboxylic acids is 4. The van der Waals surface area contributed by atoms with E-state index >= 15 is 0 Å². The monoisotopic (exact) mass is 752 g/mol. The SMILES string of the molecule is C=CCNC(=O)C(O)C(CC1CC1)NC(=O)[C@@H]1C(C(C)C)CCN1C(=O)[C@@H](NC(=O)N[C@H](CN(C)S(=O)(=O)c1cccs1)C(C)(C)C)C(C)(C)C. The molecule has 0 spiro atoms. The van der Waals surface area contributed by atoms with E-state index in [1.165, 1.54) is 28.4 Å². The van der Waals surface area contributed by atoms with Gasteiger partial charge in [-0.15, -0.1) is 17.9 Å². The van der Waals surface area contributed by atoms with Gasteiger partial charge in [-0.1, -0.05) is 80.4 Å². The van der Waals surface area contributed by atoms with Gasteiger partial charge in [-0.2, -0.15) is 4.31 Å². The van der Waals surface area contributed by atoms with Crippen LogP contribution in [0, 0.1) is 28.6 Å². The summed E-state index contributed by atoms with van der Waals surface area (Å²) in [5.74, 6) is -1.33. The molecule has 0 aromatic carbocycles. The highest BCUT2D eigenvalue weighted by Gasteiger charge is 2.48. The summed E-state index contributed by atoms with van der Waals surface area (Å²) in [5.41, 5.74) is -1.32. The Morgan fingerprint density at radius 2 is 1.71 bits per heavy atom. The van der Waals surface area contributed by atoms with Crippen LogP contribution in [0.4, 0.5) is 4.79 Å². The number of aliphatic hydroxyl groups is 1. The maximum atomic E-state index is 14.5. The number of rotatable bonds is 16. The first-order chi connectivity index (χ1) is 23.6. The molecule has 1 saturated heterocycles. The van der Waals surface area contributed by atoms with E-state index in [2.05, 4.69) is 27.8 Å². The molecular weight excluding hydrogens is 693 g/mol. The van der Waals surface area contributed by atoms with Gasteiger partial charge in [0.05, 0.1) is 6.04 Å². The largest absolute Gasteiger partial charge is 0.381 e. The highest BCUT2D eigenvalue weighted by Crippen LogP contribution is 2.36. The lowest BCUT2D eigenvalue weighted by Gasteiger charge is -2.38. The lowest BCUT2D eigenvalue weighted by Crippen LogP contribution is -2.62. The second kappa shape index (κ2) is 17.2. The average molecular weight is 753 g/mol. The van der Waals surface area contributed by atoms with Crippen molar-refractivity contribution in [2.24, 2.45) is 28.6 Å². The molecule has 3 rings (SSSR count). The van der Waals surface area contributed by atoms with E-state index in [0.717, 1.165) is 24.2 Å². The summed E-state index contributed by atoms with van der Waals surface area (Å²) in [4.78, 5) is 56.5. The fourth-order valence-electron chi connectivity index (χ4n) is 6.41. The summed E-state index contributed by atoms with van der Waals surface area (Å²) in [6.07, 6.45) is 2.94. The van der Waals surface area contributed by atoms with Crippen molar-refractivity contribution < 1.29 is 32.7 Å². The Labute approximate surface area is 308 Å². The Kier molecular flexibility index (Phi) is 14.3. The first kappa shape index (κ1) is 42.4. The zero-order valence-electron chi connectivity index (χ0n) is 31.7. The van der Waals surface area contributed by atoms with Crippen LogP contribution in [0.5, 0.6) is 0 Å². The molecular formula is C36H60N6O7S2. The number of likely N-dealkylation sites (tertiary alicyclic amines) is 1. The van der Waals surface area contributed by atoms with Crippen molar-refractivity contribution in [1.29, 1.82) is 0 Å². The van der Waals surface area contributed by atoms with Crippen molar-refractivity contribution in [3.63, 3.8) is 0 Å². The van der Waals surface area contributed by atoms with Gasteiger partial charge in [-0.05, 0) is 52.9 Å². The Morgan fingerprint density at radius 3 is 2.22 bits per heavy atom. The van der Waals surface area contributed by atoms with Crippen molar-refractivity contribution in [2.45, 2.75) is 116 Å². The number of likely N-dealkylation sites (N-methyl/N-ethyl adjacent to an activating group) is 1. The maximum Gasteiger partial charge on any atom is 0.315 e. The summed E-state index contributed by atoms with van der Waals surface area (Å²) >= 11 is 1.12. The number of sulfonamides is 1. The number of aliphatic hydroxyl groups excluding tert-OH is 1. The number of nitrogens with one attached hydrogen (secondary N) is 4. The van der Waals surface area contributed by atoms with Crippen molar-refractivity contribution in [3.05, 3.63) is 30.2 Å². The van der Waals surface area contributed by atoms with Crippen molar-refractivity contribution in [1.82, 2.24) is 30.5 Å². The van der Waals surface area contributed by atoms with Crippen LogP contribution in [0.25, 0.3) is 0 Å². The van der Waals surface area contributed by atoms with Gasteiger partial charge in [0.15, 0.2) is 6.10 Å². The van der Waals surface area contributed by atoms with Crippen LogP contribution in [0.1, 0.15) is 81.1 Å². The first-order valence-electron chi connectivity index (χ1n) is 17.8. The Bertz CT molecular complexity index is 1480. The third kappa shape index (κ3) is 11.2. The molecule has 0 radical (unpaired) electrons. The van der Waals surface area contributed by atoms with Gasteiger partial charge in [0.2, 0.25) is 11.8 Å². The highest BCUT2D eigenvalue weighted by molar-refractivity contribution is 7.91. The molecule has 1 aliphatic carbocycles. The Morgan fingerprint density at radius 1 is 1.06 bits per heavy atom. The van der Waals surface area contributed by atoms with E-state index in [9.17, 15) is 32.7 Å². The molecule has 2 aliphatic rings. The molecule has 2 fully saturated rings. The minimum absolute atomic E-state index is 0.00475. The fraction of sp³-hybridized carbons (Fsp3) is 0.722. The number of thiophene rings is 1. The molecule has 288 valence electrons. The molecule has 2 heterocycles. The lowest BCUT2D eigenvalue weighted by atomic mass is 9.84. The maximum absolute atomic E-state index is 14.5. The number of hydrogen-bond donors (Lipinski definition) is 5. The second-order valence-corrected chi connectivity index (χ2v) is 19.7. The zero-order valence-corrected chi connectivity index (χ0v) is 33.3. The molecule has 13 nitrogen and oxygen atoms in total. The van der Waals surface area contributed by atoms with Gasteiger partial charge in [0, 0.05) is 32.7 Å². The van der Waals surface area contributed by atoms with Gasteiger partial charge in [-0.3, -0.25) is 14.4 Å². The number of hydrogen-bond acceptors (Lipinski definition) is 8. The summed E-state index contributed by atoms with van der Waals surface area (Å²) in [5, 5.41) is 24.0. The van der Waals surface area contributed by atoms with Crippen molar-refractivity contribution >= 4 is 45.1 Å². The topological polar surface area (TPSA) is 177 Å². The van der Waals surface area contributed by atoms with Crippen LogP contribution in [-0.2, 0) is 24.4 Å². The standard InChI is InChI=1S/C36H60N6O7S2/c1-11-17-37-32(45)29(43)25(20-23-14-15-23)38-31(44)28-24(22(2)3)16-18-42(28)33(46)30(36(7,8)9)40-34(47)39-26(35(4,5)6)21-41(10)51(48,49)27-13-12-19-50-27/h11-13,19,22-26,28-30,43H,1,14-18,20-21H2,2-10H3,(H,37,45)(H,38,44)(H2,39,40,47)/t24?,25?,26-,28+,29?,30-/m1/s1. The van der Waals surface area contributed by atoms with Crippen LogP contribution in [0.2, 0.25) is 0 Å². The lowest BCUT2D eigenvalue weighted by molar-refractivity contribution is -0.144. The quantitative estimate of drug-likeness (QED) is 0.161. The minimum Gasteiger partial charge on any atom is -0.381 e. The van der Waals surface area contributed by atoms with Crippen molar-refractivity contribution in [2.75, 3.05) is 26.7 Å². The molecule has 15 heteroatoms. The third-order valence-electron chi connectivity index (χ3n) is 9.87. The van der Waals surface area contributed by atoms with Crippen LogP contribution in [-0.4, -0.2) is 103 Å². The molecule has 51 heavy (non-hydrogen) atoms. The van der Waals surface area contributed by atoms with Gasteiger partial charge < -0.3 is 31.3 Å². The molecule has 3 unspecified atom stereocenters. The zero-order chi connectivity index (χ0) is 38.5. The summed E-state index contributed by atoms with van der Waals surface area (Å²) in [6.45, 7) is 19.2. The summed E-state index contributed by atoms with van der Waals surface area (Å²) in [7, 11) is -2.30. The van der Waals surface area contributed by atoms with Gasteiger partial charge in [0.25, 0.3) is 15.9 Å². The molecule has 1 saturated carbocycles. The second-order valence-electron chi connectivity index (χ2n) is 16.5. The van der Waals surface area contributed by atoms with E-state index in [4.69, 9.17) is 0 Å². The molecule has 1 aromatic heterocycles. The van der Waals surface area contributed by atoms with Gasteiger partial charge in [-0.25, -0.2) is 13.2 Å². The third-order valence-corrected chi connectivity index (χ3v) is 13.1.